The Hall–Kier alpha value is -3.66. The van der Waals surface area contributed by atoms with E-state index in [1.54, 1.807) is 33.5 Å². The summed E-state index contributed by atoms with van der Waals surface area (Å²) in [7, 11) is 4.78. The SMILES string of the molecule is COc1ccc(-c2nnc(SCc3cc(-c4ccccc4OC)no3)n2N)cc1OC. The van der Waals surface area contributed by atoms with Gasteiger partial charge in [-0.1, -0.05) is 29.1 Å². The second-order valence-electron chi connectivity index (χ2n) is 6.41. The molecule has 9 nitrogen and oxygen atoms in total. The van der Waals surface area contributed by atoms with Gasteiger partial charge in [-0.05, 0) is 30.3 Å². The Morgan fingerprint density at radius 1 is 0.935 bits per heavy atom. The molecule has 0 aliphatic carbocycles. The van der Waals surface area contributed by atoms with Gasteiger partial charge >= 0.3 is 0 Å². The van der Waals surface area contributed by atoms with Crippen molar-refractivity contribution in [1.29, 1.82) is 0 Å². The minimum absolute atomic E-state index is 0.490. The third kappa shape index (κ3) is 4.15. The largest absolute Gasteiger partial charge is 0.496 e. The number of hydrogen-bond donors (Lipinski definition) is 1. The highest BCUT2D eigenvalue weighted by Gasteiger charge is 2.16. The molecule has 0 amide bonds. The molecule has 0 saturated carbocycles. The van der Waals surface area contributed by atoms with Crippen LogP contribution in [0.4, 0.5) is 0 Å². The van der Waals surface area contributed by atoms with Gasteiger partial charge in [-0.2, -0.15) is 0 Å². The van der Waals surface area contributed by atoms with Crippen LogP contribution in [0.15, 0.2) is 58.2 Å². The summed E-state index contributed by atoms with van der Waals surface area (Å²) in [5.74, 6) is 9.86. The number of nitrogens with zero attached hydrogens (tertiary/aromatic N) is 4. The monoisotopic (exact) mass is 439 g/mol. The molecule has 2 aromatic heterocycles. The van der Waals surface area contributed by atoms with Crippen molar-refractivity contribution in [2.45, 2.75) is 10.9 Å². The molecule has 0 radical (unpaired) electrons. The molecule has 4 rings (SSSR count). The van der Waals surface area contributed by atoms with Gasteiger partial charge in [0.2, 0.25) is 5.16 Å². The third-order valence-electron chi connectivity index (χ3n) is 4.59. The molecule has 0 fully saturated rings. The maximum Gasteiger partial charge on any atom is 0.210 e. The predicted molar refractivity (Wildman–Crippen MR) is 117 cm³/mol. The summed E-state index contributed by atoms with van der Waals surface area (Å²) in [5, 5.41) is 13.1. The van der Waals surface area contributed by atoms with E-state index in [4.69, 9.17) is 24.6 Å². The number of para-hydroxylation sites is 1. The summed E-state index contributed by atoms with van der Waals surface area (Å²) >= 11 is 1.40. The van der Waals surface area contributed by atoms with Crippen LogP contribution >= 0.6 is 11.8 Å². The molecule has 0 bridgehead atoms. The Morgan fingerprint density at radius 2 is 1.71 bits per heavy atom. The van der Waals surface area contributed by atoms with Gasteiger partial charge in [-0.3, -0.25) is 0 Å². The Labute approximate surface area is 183 Å². The molecule has 0 spiro atoms. The van der Waals surface area contributed by atoms with E-state index in [1.807, 2.05) is 36.4 Å². The van der Waals surface area contributed by atoms with Crippen LogP contribution in [0.1, 0.15) is 5.76 Å². The lowest BCUT2D eigenvalue weighted by Gasteiger charge is -2.09. The number of aromatic nitrogens is 4. The quantitative estimate of drug-likeness (QED) is 0.325. The number of nitrogens with two attached hydrogens (primary N) is 1. The van der Waals surface area contributed by atoms with Gasteiger partial charge in [0.15, 0.2) is 17.3 Å². The number of rotatable bonds is 8. The first-order valence-corrected chi connectivity index (χ1v) is 10.3. The lowest BCUT2D eigenvalue weighted by molar-refractivity contribution is 0.355. The third-order valence-corrected chi connectivity index (χ3v) is 5.56. The van der Waals surface area contributed by atoms with E-state index in [0.717, 1.165) is 16.9 Å². The van der Waals surface area contributed by atoms with E-state index in [-0.39, 0.29) is 0 Å². The topological polar surface area (TPSA) is 110 Å². The van der Waals surface area contributed by atoms with E-state index >= 15 is 0 Å². The van der Waals surface area contributed by atoms with Gasteiger partial charge in [0.05, 0.1) is 27.1 Å². The van der Waals surface area contributed by atoms with Crippen LogP contribution in [0, 0.1) is 0 Å². The van der Waals surface area contributed by atoms with E-state index in [1.165, 1.54) is 16.4 Å². The fraction of sp³-hybridized carbons (Fsp3) is 0.190. The summed E-state index contributed by atoms with van der Waals surface area (Å²) < 4.78 is 22.9. The average molecular weight is 439 g/mol. The number of thioether (sulfide) groups is 1. The summed E-state index contributed by atoms with van der Waals surface area (Å²) in [4.78, 5) is 0. The lowest BCUT2D eigenvalue weighted by Crippen LogP contribution is -2.11. The molecule has 2 N–H and O–H groups in total. The molecule has 0 atom stereocenters. The maximum absolute atomic E-state index is 6.23. The molecule has 0 unspecified atom stereocenters. The number of ether oxygens (including phenoxy) is 3. The Morgan fingerprint density at radius 3 is 2.48 bits per heavy atom. The molecule has 2 heterocycles. The molecule has 0 saturated heterocycles. The van der Waals surface area contributed by atoms with Crippen molar-refractivity contribution < 1.29 is 18.7 Å². The Kier molecular flexibility index (Phi) is 5.99. The fourth-order valence-electron chi connectivity index (χ4n) is 3.05. The molecule has 160 valence electrons. The normalized spacial score (nSPS) is 10.8. The lowest BCUT2D eigenvalue weighted by atomic mass is 10.1. The van der Waals surface area contributed by atoms with Crippen LogP contribution < -0.4 is 20.1 Å². The van der Waals surface area contributed by atoms with E-state index in [2.05, 4.69) is 15.4 Å². The molecule has 2 aromatic carbocycles. The average Bonchev–Trinajstić information content (AvgIpc) is 3.43. The smallest absolute Gasteiger partial charge is 0.210 e. The molecule has 0 aliphatic rings. The minimum Gasteiger partial charge on any atom is -0.496 e. The summed E-state index contributed by atoms with van der Waals surface area (Å²) in [6.07, 6.45) is 0. The van der Waals surface area contributed by atoms with Crippen LogP contribution in [0.25, 0.3) is 22.6 Å². The molecule has 4 aromatic rings. The molecular formula is C21H21N5O4S. The van der Waals surface area contributed by atoms with Gasteiger partial charge in [0.1, 0.15) is 17.2 Å². The van der Waals surface area contributed by atoms with E-state index < -0.39 is 0 Å². The van der Waals surface area contributed by atoms with Crippen molar-refractivity contribution in [3.05, 3.63) is 54.3 Å². The van der Waals surface area contributed by atoms with Crippen LogP contribution in [0.2, 0.25) is 0 Å². The van der Waals surface area contributed by atoms with Crippen molar-refractivity contribution in [2.24, 2.45) is 0 Å². The van der Waals surface area contributed by atoms with E-state index in [0.29, 0.717) is 39.7 Å². The van der Waals surface area contributed by atoms with Crippen LogP contribution in [0.5, 0.6) is 17.2 Å². The van der Waals surface area contributed by atoms with E-state index in [9.17, 15) is 0 Å². The van der Waals surface area contributed by atoms with Gasteiger partial charge in [-0.15, -0.1) is 10.2 Å². The molecule has 0 aliphatic heterocycles. The Bertz CT molecular complexity index is 1190. The zero-order valence-electron chi connectivity index (χ0n) is 17.2. The number of benzene rings is 2. The van der Waals surface area contributed by atoms with Gasteiger partial charge < -0.3 is 24.6 Å². The highest BCUT2D eigenvalue weighted by atomic mass is 32.2. The molecule has 10 heteroatoms. The van der Waals surface area contributed by atoms with Crippen molar-refractivity contribution in [3.8, 4) is 39.9 Å². The van der Waals surface area contributed by atoms with Crippen molar-refractivity contribution in [1.82, 2.24) is 20.0 Å². The minimum atomic E-state index is 0.490. The first-order valence-electron chi connectivity index (χ1n) is 9.29. The molecule has 31 heavy (non-hydrogen) atoms. The molecular weight excluding hydrogens is 418 g/mol. The summed E-state index contributed by atoms with van der Waals surface area (Å²) in [5.41, 5.74) is 2.33. The highest BCUT2D eigenvalue weighted by molar-refractivity contribution is 7.98. The number of methoxy groups -OCH3 is 3. The number of nitrogen functional groups attached to an aromatic ring is 1. The second kappa shape index (κ2) is 9.00. The first-order chi connectivity index (χ1) is 15.1. The fourth-order valence-corrected chi connectivity index (χ4v) is 3.78. The summed E-state index contributed by atoms with van der Waals surface area (Å²) in [6.45, 7) is 0. The highest BCUT2D eigenvalue weighted by Crippen LogP contribution is 2.33. The van der Waals surface area contributed by atoms with Gasteiger partial charge in [-0.25, -0.2) is 4.68 Å². The zero-order chi connectivity index (χ0) is 21.8. The maximum atomic E-state index is 6.23. The van der Waals surface area contributed by atoms with Crippen LogP contribution in [0.3, 0.4) is 0 Å². The predicted octanol–water partition coefficient (Wildman–Crippen LogP) is 3.63. The van der Waals surface area contributed by atoms with Crippen molar-refractivity contribution in [2.75, 3.05) is 27.2 Å². The number of hydrogen-bond acceptors (Lipinski definition) is 9. The van der Waals surface area contributed by atoms with Crippen LogP contribution in [-0.2, 0) is 5.75 Å². The van der Waals surface area contributed by atoms with Crippen LogP contribution in [-0.4, -0.2) is 41.4 Å². The van der Waals surface area contributed by atoms with Gasteiger partial charge in [0, 0.05) is 17.2 Å². The standard InChI is InChI=1S/C21H21N5O4S/c1-27-17-7-5-4-6-15(17)16-11-14(30-25-16)12-31-21-24-23-20(26(21)22)13-8-9-18(28-2)19(10-13)29-3/h4-11H,12,22H2,1-3H3. The van der Waals surface area contributed by atoms with Crippen molar-refractivity contribution in [3.63, 3.8) is 0 Å². The summed E-state index contributed by atoms with van der Waals surface area (Å²) in [6, 6.07) is 15.0. The second-order valence-corrected chi connectivity index (χ2v) is 7.36. The Balaban J connectivity index is 1.50. The van der Waals surface area contributed by atoms with Crippen molar-refractivity contribution >= 4 is 11.8 Å². The zero-order valence-corrected chi connectivity index (χ0v) is 18.0. The van der Waals surface area contributed by atoms with Gasteiger partial charge in [0.25, 0.3) is 0 Å². The first kappa shape index (κ1) is 20.6.